The Bertz CT molecular complexity index is 456. The molecule has 0 saturated carbocycles. The van der Waals surface area contributed by atoms with Crippen LogP contribution in [-0.2, 0) is 0 Å². The van der Waals surface area contributed by atoms with E-state index in [0.717, 1.165) is 15.6 Å². The van der Waals surface area contributed by atoms with Crippen molar-refractivity contribution in [3.63, 3.8) is 0 Å². The molecule has 0 amide bonds. The summed E-state index contributed by atoms with van der Waals surface area (Å²) in [5, 5.41) is 9.78. The summed E-state index contributed by atoms with van der Waals surface area (Å²) in [6.45, 7) is 7.27. The third kappa shape index (κ3) is 3.24. The van der Waals surface area contributed by atoms with Gasteiger partial charge in [0.25, 0.3) is 0 Å². The van der Waals surface area contributed by atoms with E-state index in [4.69, 9.17) is 0 Å². The van der Waals surface area contributed by atoms with Gasteiger partial charge in [-0.05, 0) is 23.8 Å². The van der Waals surface area contributed by atoms with Crippen molar-refractivity contribution in [3.05, 3.63) is 71.8 Å². The molecule has 0 aliphatic rings. The molecule has 1 N–H and O–H groups in total. The van der Waals surface area contributed by atoms with Crippen molar-refractivity contribution < 1.29 is 5.11 Å². The number of rotatable bonds is 4. The van der Waals surface area contributed by atoms with Gasteiger partial charge in [0.15, 0.2) is 0 Å². The summed E-state index contributed by atoms with van der Waals surface area (Å²) in [6, 6.07) is 5.30. The summed E-state index contributed by atoms with van der Waals surface area (Å²) in [5.41, 5.74) is 1.64. The lowest BCUT2D eigenvalue weighted by Crippen LogP contribution is -1.82. The maximum atomic E-state index is 9.78. The van der Waals surface area contributed by atoms with E-state index in [9.17, 15) is 5.11 Å². The number of allylic oxidation sites excluding steroid dienone is 6. The zero-order valence-corrected chi connectivity index (χ0v) is 10.4. The van der Waals surface area contributed by atoms with Crippen molar-refractivity contribution in [3.8, 4) is 5.75 Å². The van der Waals surface area contributed by atoms with Gasteiger partial charge >= 0.3 is 0 Å². The highest BCUT2D eigenvalue weighted by atomic mass is 79.9. The number of hydrogen-bond donors (Lipinski definition) is 1. The Kier molecular flexibility index (Phi) is 4.80. The van der Waals surface area contributed by atoms with Crippen molar-refractivity contribution in [1.29, 1.82) is 0 Å². The van der Waals surface area contributed by atoms with Gasteiger partial charge in [0.05, 0.1) is 0 Å². The standard InChI is InChI=1S/C14H13BrO/c1-3-5-7-11(6-4-2)13-10-12(15)8-9-14(13)16/h3-10,16H,1-2H2/b7-5-,11-6+. The molecule has 0 radical (unpaired) electrons. The second-order valence-electron chi connectivity index (χ2n) is 3.11. The second kappa shape index (κ2) is 6.13. The second-order valence-corrected chi connectivity index (χ2v) is 4.03. The van der Waals surface area contributed by atoms with Gasteiger partial charge < -0.3 is 5.11 Å². The van der Waals surface area contributed by atoms with Crippen LogP contribution in [0, 0.1) is 0 Å². The van der Waals surface area contributed by atoms with Gasteiger partial charge in [0.2, 0.25) is 0 Å². The summed E-state index contributed by atoms with van der Waals surface area (Å²) in [7, 11) is 0. The Morgan fingerprint density at radius 2 is 2.00 bits per heavy atom. The summed E-state index contributed by atoms with van der Waals surface area (Å²) >= 11 is 3.38. The van der Waals surface area contributed by atoms with Crippen molar-refractivity contribution in [2.75, 3.05) is 0 Å². The highest BCUT2D eigenvalue weighted by molar-refractivity contribution is 9.10. The predicted molar refractivity (Wildman–Crippen MR) is 73.3 cm³/mol. The molecular formula is C14H13BrO. The molecular weight excluding hydrogens is 264 g/mol. The molecule has 1 rings (SSSR count). The van der Waals surface area contributed by atoms with Crippen LogP contribution < -0.4 is 0 Å². The van der Waals surface area contributed by atoms with Crippen LogP contribution in [0.2, 0.25) is 0 Å². The van der Waals surface area contributed by atoms with Gasteiger partial charge in [-0.15, -0.1) is 0 Å². The van der Waals surface area contributed by atoms with Crippen LogP contribution in [0.5, 0.6) is 5.75 Å². The minimum Gasteiger partial charge on any atom is -0.507 e. The molecule has 0 heterocycles. The lowest BCUT2D eigenvalue weighted by Gasteiger charge is -2.05. The maximum absolute atomic E-state index is 9.78. The minimum absolute atomic E-state index is 0.241. The maximum Gasteiger partial charge on any atom is 0.123 e. The molecule has 0 saturated heterocycles. The molecule has 2 heteroatoms. The summed E-state index contributed by atoms with van der Waals surface area (Å²) in [5.74, 6) is 0.241. The Balaban J connectivity index is 3.25. The van der Waals surface area contributed by atoms with E-state index in [-0.39, 0.29) is 5.75 Å². The Morgan fingerprint density at radius 1 is 1.25 bits per heavy atom. The van der Waals surface area contributed by atoms with E-state index in [1.807, 2.05) is 24.3 Å². The quantitative estimate of drug-likeness (QED) is 0.805. The van der Waals surface area contributed by atoms with Crippen LogP contribution in [0.15, 0.2) is 66.2 Å². The molecule has 1 aromatic rings. The minimum atomic E-state index is 0.241. The van der Waals surface area contributed by atoms with Crippen LogP contribution in [0.1, 0.15) is 5.56 Å². The summed E-state index contributed by atoms with van der Waals surface area (Å²) in [4.78, 5) is 0. The number of aromatic hydroxyl groups is 1. The normalized spacial score (nSPS) is 11.7. The topological polar surface area (TPSA) is 20.2 Å². The molecule has 0 aliphatic heterocycles. The molecule has 0 unspecified atom stereocenters. The zero-order chi connectivity index (χ0) is 12.0. The molecule has 82 valence electrons. The van der Waals surface area contributed by atoms with Gasteiger partial charge in [-0.3, -0.25) is 0 Å². The van der Waals surface area contributed by atoms with Gasteiger partial charge in [0, 0.05) is 10.0 Å². The van der Waals surface area contributed by atoms with Gasteiger partial charge in [-0.2, -0.15) is 0 Å². The Labute approximate surface area is 104 Å². The molecule has 0 aliphatic carbocycles. The van der Waals surface area contributed by atoms with Crippen molar-refractivity contribution in [1.82, 2.24) is 0 Å². The molecule has 0 fully saturated rings. The fourth-order valence-corrected chi connectivity index (χ4v) is 1.63. The average Bonchev–Trinajstić information content (AvgIpc) is 2.28. The third-order valence-corrected chi connectivity index (χ3v) is 2.47. The van der Waals surface area contributed by atoms with E-state index in [0.29, 0.717) is 0 Å². The molecule has 0 spiro atoms. The van der Waals surface area contributed by atoms with E-state index >= 15 is 0 Å². The highest BCUT2D eigenvalue weighted by Gasteiger charge is 2.04. The summed E-state index contributed by atoms with van der Waals surface area (Å²) in [6.07, 6.45) is 8.89. The first-order valence-corrected chi connectivity index (χ1v) is 5.59. The number of halogens is 1. The third-order valence-electron chi connectivity index (χ3n) is 1.98. The number of hydrogen-bond acceptors (Lipinski definition) is 1. The van der Waals surface area contributed by atoms with Crippen LogP contribution >= 0.6 is 15.9 Å². The highest BCUT2D eigenvalue weighted by Crippen LogP contribution is 2.29. The van der Waals surface area contributed by atoms with Crippen molar-refractivity contribution in [2.45, 2.75) is 0 Å². The smallest absolute Gasteiger partial charge is 0.123 e. The largest absolute Gasteiger partial charge is 0.507 e. The van der Waals surface area contributed by atoms with Gasteiger partial charge in [-0.1, -0.05) is 59.5 Å². The zero-order valence-electron chi connectivity index (χ0n) is 8.86. The molecule has 16 heavy (non-hydrogen) atoms. The fourth-order valence-electron chi connectivity index (χ4n) is 1.27. The Morgan fingerprint density at radius 3 is 2.62 bits per heavy atom. The lowest BCUT2D eigenvalue weighted by atomic mass is 10.0. The molecule has 0 aromatic heterocycles. The SMILES string of the molecule is C=C/C=C\C(=C/C=C)c1cc(Br)ccc1O. The van der Waals surface area contributed by atoms with E-state index in [1.54, 1.807) is 24.3 Å². The van der Waals surface area contributed by atoms with Crippen molar-refractivity contribution in [2.24, 2.45) is 0 Å². The first-order valence-electron chi connectivity index (χ1n) is 4.79. The van der Waals surface area contributed by atoms with Crippen LogP contribution in [0.4, 0.5) is 0 Å². The Hall–Kier alpha value is -1.54. The number of benzene rings is 1. The van der Waals surface area contributed by atoms with E-state index in [1.165, 1.54) is 0 Å². The summed E-state index contributed by atoms with van der Waals surface area (Å²) < 4.78 is 0.919. The first-order chi connectivity index (χ1) is 7.69. The molecule has 0 bridgehead atoms. The molecule has 0 atom stereocenters. The van der Waals surface area contributed by atoms with Crippen LogP contribution in [0.25, 0.3) is 5.57 Å². The van der Waals surface area contributed by atoms with Crippen LogP contribution in [0.3, 0.4) is 0 Å². The fraction of sp³-hybridized carbons (Fsp3) is 0. The average molecular weight is 277 g/mol. The number of phenols is 1. The number of phenolic OH excluding ortho intramolecular Hbond substituents is 1. The first kappa shape index (κ1) is 12.5. The van der Waals surface area contributed by atoms with Gasteiger partial charge in [-0.25, -0.2) is 0 Å². The van der Waals surface area contributed by atoms with E-state index in [2.05, 4.69) is 29.1 Å². The van der Waals surface area contributed by atoms with Crippen molar-refractivity contribution >= 4 is 21.5 Å². The lowest BCUT2D eigenvalue weighted by molar-refractivity contribution is 0.473. The molecule has 1 nitrogen and oxygen atoms in total. The van der Waals surface area contributed by atoms with E-state index < -0.39 is 0 Å². The molecule has 1 aromatic carbocycles. The van der Waals surface area contributed by atoms with Crippen LogP contribution in [-0.4, -0.2) is 5.11 Å². The predicted octanol–water partition coefficient (Wildman–Crippen LogP) is 4.47. The monoisotopic (exact) mass is 276 g/mol. The van der Waals surface area contributed by atoms with Gasteiger partial charge in [0.1, 0.15) is 5.75 Å².